The Morgan fingerprint density at radius 3 is 2.26 bits per heavy atom. The average Bonchev–Trinajstić information content (AvgIpc) is 2.57. The minimum absolute atomic E-state index is 0.113. The first-order valence-corrected chi connectivity index (χ1v) is 11.9. The summed E-state index contributed by atoms with van der Waals surface area (Å²) >= 11 is 0. The summed E-state index contributed by atoms with van der Waals surface area (Å²) in [5, 5.41) is 13.6. The van der Waals surface area contributed by atoms with Gasteiger partial charge < -0.3 is 15.2 Å². The normalized spacial score (nSPS) is 22.4. The zero-order valence-corrected chi connectivity index (χ0v) is 17.9. The molecule has 0 aliphatic heterocycles. The topological polar surface area (TPSA) is 75.6 Å². The summed E-state index contributed by atoms with van der Waals surface area (Å²) in [6.45, 7) is 7.26. The zero-order chi connectivity index (χ0) is 20.1. The van der Waals surface area contributed by atoms with Crippen LogP contribution in [0.15, 0.2) is 24.3 Å². The molecule has 0 heterocycles. The molecule has 2 N–H and O–H groups in total. The summed E-state index contributed by atoms with van der Waals surface area (Å²) in [4.78, 5) is 0. The van der Waals surface area contributed by atoms with E-state index in [2.05, 4.69) is 38.2 Å². The number of sulfone groups is 1. The Labute approximate surface area is 164 Å². The van der Waals surface area contributed by atoms with E-state index in [4.69, 9.17) is 4.74 Å². The quantitative estimate of drug-likeness (QED) is 0.705. The number of hydrogen-bond acceptors (Lipinski definition) is 5. The number of aliphatic hydroxyl groups is 1. The molecule has 6 heteroatoms. The van der Waals surface area contributed by atoms with Crippen molar-refractivity contribution in [1.82, 2.24) is 5.32 Å². The van der Waals surface area contributed by atoms with E-state index in [1.165, 1.54) is 11.8 Å². The van der Waals surface area contributed by atoms with Crippen molar-refractivity contribution < 1.29 is 18.3 Å². The second kappa shape index (κ2) is 9.39. The van der Waals surface area contributed by atoms with Gasteiger partial charge in [0.15, 0.2) is 0 Å². The van der Waals surface area contributed by atoms with Crippen molar-refractivity contribution in [2.24, 2.45) is 5.92 Å². The van der Waals surface area contributed by atoms with Gasteiger partial charge in [0.2, 0.25) is 0 Å². The van der Waals surface area contributed by atoms with Crippen LogP contribution in [0.2, 0.25) is 0 Å². The van der Waals surface area contributed by atoms with Crippen LogP contribution < -0.4 is 10.1 Å². The largest absolute Gasteiger partial charge is 0.491 e. The van der Waals surface area contributed by atoms with Crippen LogP contribution >= 0.6 is 0 Å². The smallest absolute Gasteiger partial charge is 0.147 e. The molecule has 0 amide bonds. The molecular weight excluding hydrogens is 362 g/mol. The van der Waals surface area contributed by atoms with Gasteiger partial charge in [0.05, 0.1) is 5.75 Å². The van der Waals surface area contributed by atoms with Crippen LogP contribution in [0, 0.1) is 5.92 Å². The van der Waals surface area contributed by atoms with Gasteiger partial charge in [-0.25, -0.2) is 8.42 Å². The van der Waals surface area contributed by atoms with Crippen LogP contribution in [0.25, 0.3) is 0 Å². The molecule has 0 radical (unpaired) electrons. The van der Waals surface area contributed by atoms with Gasteiger partial charge in [-0.05, 0) is 54.7 Å². The monoisotopic (exact) mass is 397 g/mol. The second-order valence-corrected chi connectivity index (χ2v) is 11.1. The minimum Gasteiger partial charge on any atom is -0.491 e. The maximum absolute atomic E-state index is 11.4. The van der Waals surface area contributed by atoms with Crippen LogP contribution in [0.3, 0.4) is 0 Å². The Kier molecular flexibility index (Phi) is 7.72. The first kappa shape index (κ1) is 22.2. The third-order valence-corrected chi connectivity index (χ3v) is 6.27. The summed E-state index contributed by atoms with van der Waals surface area (Å²) in [6, 6.07) is 8.37. The molecule has 0 spiro atoms. The first-order valence-electron chi connectivity index (χ1n) is 9.85. The number of rotatable bonds is 8. The molecule has 154 valence electrons. The zero-order valence-electron chi connectivity index (χ0n) is 17.1. The summed E-state index contributed by atoms with van der Waals surface area (Å²) in [5.74, 6) is 1.34. The molecule has 1 aromatic carbocycles. The number of aliphatic hydroxyl groups excluding tert-OH is 1. The van der Waals surface area contributed by atoms with Crippen molar-refractivity contribution >= 4 is 9.84 Å². The maximum Gasteiger partial charge on any atom is 0.147 e. The van der Waals surface area contributed by atoms with E-state index >= 15 is 0 Å². The summed E-state index contributed by atoms with van der Waals surface area (Å²) in [7, 11) is -2.89. The molecule has 1 aliphatic rings. The molecule has 1 unspecified atom stereocenters. The van der Waals surface area contributed by atoms with Gasteiger partial charge in [-0.3, -0.25) is 0 Å². The van der Waals surface area contributed by atoms with Crippen molar-refractivity contribution in [2.75, 3.05) is 25.2 Å². The highest BCUT2D eigenvalue weighted by Gasteiger charge is 2.24. The molecule has 1 aromatic rings. The van der Waals surface area contributed by atoms with E-state index in [0.29, 0.717) is 18.3 Å². The highest BCUT2D eigenvalue weighted by molar-refractivity contribution is 7.90. The predicted molar refractivity (Wildman–Crippen MR) is 110 cm³/mol. The minimum atomic E-state index is -2.89. The van der Waals surface area contributed by atoms with Gasteiger partial charge in [-0.1, -0.05) is 32.9 Å². The molecule has 0 saturated heterocycles. The Bertz CT molecular complexity index is 671. The molecule has 1 atom stereocenters. The van der Waals surface area contributed by atoms with E-state index in [-0.39, 0.29) is 17.9 Å². The van der Waals surface area contributed by atoms with Gasteiger partial charge in [0.1, 0.15) is 28.3 Å². The van der Waals surface area contributed by atoms with E-state index in [1.54, 1.807) is 0 Å². The Hall–Kier alpha value is -1.11. The fraction of sp³-hybridized carbons (Fsp3) is 0.714. The average molecular weight is 398 g/mol. The van der Waals surface area contributed by atoms with Crippen LogP contribution in [-0.4, -0.2) is 50.8 Å². The molecule has 1 saturated carbocycles. The molecule has 2 rings (SSSR count). The van der Waals surface area contributed by atoms with Gasteiger partial charge in [0.25, 0.3) is 0 Å². The van der Waals surface area contributed by atoms with Crippen LogP contribution in [0.1, 0.15) is 52.0 Å². The standard InChI is InChI=1S/C21H35NO4S/c1-21(2,3)17-7-11-20(12-8-17)26-14-19(23)13-22-18-9-5-16(6-10-18)15-27(4,24)25/h7-8,11-12,16,18-19,22-23H,5-6,9-10,13-15H2,1-4H3. The van der Waals surface area contributed by atoms with Crippen molar-refractivity contribution in [3.8, 4) is 5.75 Å². The summed E-state index contributed by atoms with van der Waals surface area (Å²) < 4.78 is 28.5. The molecule has 0 aromatic heterocycles. The van der Waals surface area contributed by atoms with Crippen molar-refractivity contribution in [3.05, 3.63) is 29.8 Å². The van der Waals surface area contributed by atoms with E-state index in [1.807, 2.05) is 12.1 Å². The van der Waals surface area contributed by atoms with E-state index < -0.39 is 15.9 Å². The van der Waals surface area contributed by atoms with E-state index in [0.717, 1.165) is 31.4 Å². The Balaban J connectivity index is 1.66. The van der Waals surface area contributed by atoms with Crippen LogP contribution in [-0.2, 0) is 15.3 Å². The number of nitrogens with one attached hydrogen (secondary N) is 1. The molecule has 27 heavy (non-hydrogen) atoms. The summed E-state index contributed by atoms with van der Waals surface area (Å²) in [6.07, 6.45) is 4.52. The highest BCUT2D eigenvalue weighted by atomic mass is 32.2. The summed E-state index contributed by atoms with van der Waals surface area (Å²) in [5.41, 5.74) is 1.37. The van der Waals surface area contributed by atoms with Gasteiger partial charge in [-0.15, -0.1) is 0 Å². The lowest BCUT2D eigenvalue weighted by molar-refractivity contribution is 0.101. The lowest BCUT2D eigenvalue weighted by atomic mass is 9.87. The second-order valence-electron chi connectivity index (χ2n) is 8.96. The predicted octanol–water partition coefficient (Wildman–Crippen LogP) is 2.92. The first-order chi connectivity index (χ1) is 12.5. The molecule has 1 fully saturated rings. The lowest BCUT2D eigenvalue weighted by Gasteiger charge is -2.29. The van der Waals surface area contributed by atoms with Crippen molar-refractivity contribution in [2.45, 2.75) is 64.0 Å². The molecule has 0 bridgehead atoms. The highest BCUT2D eigenvalue weighted by Crippen LogP contribution is 2.26. The maximum atomic E-state index is 11.4. The lowest BCUT2D eigenvalue weighted by Crippen LogP contribution is -2.40. The third kappa shape index (κ3) is 8.20. The number of ether oxygens (including phenoxy) is 1. The van der Waals surface area contributed by atoms with Gasteiger partial charge in [0, 0.05) is 18.8 Å². The fourth-order valence-electron chi connectivity index (χ4n) is 3.57. The Morgan fingerprint density at radius 2 is 1.74 bits per heavy atom. The van der Waals surface area contributed by atoms with Crippen molar-refractivity contribution in [3.63, 3.8) is 0 Å². The number of benzene rings is 1. The van der Waals surface area contributed by atoms with Gasteiger partial charge in [-0.2, -0.15) is 0 Å². The van der Waals surface area contributed by atoms with Crippen molar-refractivity contribution in [1.29, 1.82) is 0 Å². The molecule has 5 nitrogen and oxygen atoms in total. The molecular formula is C21H35NO4S. The van der Waals surface area contributed by atoms with Crippen LogP contribution in [0.4, 0.5) is 0 Å². The van der Waals surface area contributed by atoms with Gasteiger partial charge >= 0.3 is 0 Å². The SMILES string of the molecule is CC(C)(C)c1ccc(OCC(O)CNC2CCC(CS(C)(=O)=O)CC2)cc1. The molecule has 1 aliphatic carbocycles. The van der Waals surface area contributed by atoms with Crippen LogP contribution in [0.5, 0.6) is 5.75 Å². The fourth-order valence-corrected chi connectivity index (χ4v) is 4.76. The third-order valence-electron chi connectivity index (χ3n) is 5.19. The number of hydrogen-bond donors (Lipinski definition) is 2. The van der Waals surface area contributed by atoms with E-state index in [9.17, 15) is 13.5 Å². The Morgan fingerprint density at radius 1 is 1.15 bits per heavy atom.